The van der Waals surface area contributed by atoms with Gasteiger partial charge in [0.25, 0.3) is 5.91 Å². The molecule has 1 aromatic rings. The number of rotatable bonds is 6. The Hall–Kier alpha value is -1.40. The van der Waals surface area contributed by atoms with Gasteiger partial charge >= 0.3 is 0 Å². The zero-order valence-electron chi connectivity index (χ0n) is 12.6. The van der Waals surface area contributed by atoms with Gasteiger partial charge in [-0.1, -0.05) is 13.8 Å². The number of carbonyl (C=O) groups is 1. The number of H-pyrrole nitrogens is 1. The summed E-state index contributed by atoms with van der Waals surface area (Å²) >= 11 is 0. The van der Waals surface area contributed by atoms with Crippen LogP contribution in [0.2, 0.25) is 0 Å². The molecule has 0 radical (unpaired) electrons. The molecule has 1 aromatic heterocycles. The lowest BCUT2D eigenvalue weighted by molar-refractivity contribution is 0.0932. The zero-order chi connectivity index (χ0) is 14.5. The van der Waals surface area contributed by atoms with E-state index in [0.717, 1.165) is 43.9 Å². The number of carbonyl (C=O) groups excluding carboxylic acids is 1. The number of hydrogen-bond acceptors (Lipinski definition) is 4. The standard InChI is InChI=1S/C14H25N5O/c1-4-19(5-2)10(3)8-16-14(20)13-11-9-15-7-6-12(11)17-18-13/h10,15H,4-9H2,1-3H3,(H,16,20)(H,17,18). The summed E-state index contributed by atoms with van der Waals surface area (Å²) in [6.45, 7) is 10.7. The van der Waals surface area contributed by atoms with Gasteiger partial charge in [-0.3, -0.25) is 14.8 Å². The van der Waals surface area contributed by atoms with Crippen LogP contribution in [0.3, 0.4) is 0 Å². The SMILES string of the molecule is CCN(CC)C(C)CNC(=O)c1n[nH]c2c1CNCC2. The van der Waals surface area contributed by atoms with Crippen molar-refractivity contribution in [1.82, 2.24) is 25.7 Å². The van der Waals surface area contributed by atoms with Crippen molar-refractivity contribution < 1.29 is 4.79 Å². The topological polar surface area (TPSA) is 73.0 Å². The lowest BCUT2D eigenvalue weighted by Gasteiger charge is -2.26. The van der Waals surface area contributed by atoms with Crippen molar-refractivity contribution in [2.24, 2.45) is 0 Å². The van der Waals surface area contributed by atoms with E-state index < -0.39 is 0 Å². The maximum Gasteiger partial charge on any atom is 0.272 e. The Morgan fingerprint density at radius 2 is 2.20 bits per heavy atom. The first-order valence-electron chi connectivity index (χ1n) is 7.46. The van der Waals surface area contributed by atoms with Gasteiger partial charge in [0.05, 0.1) is 0 Å². The van der Waals surface area contributed by atoms with Crippen LogP contribution in [0, 0.1) is 0 Å². The number of amides is 1. The quantitative estimate of drug-likeness (QED) is 0.709. The Morgan fingerprint density at radius 1 is 1.45 bits per heavy atom. The molecular weight excluding hydrogens is 254 g/mol. The molecule has 112 valence electrons. The highest BCUT2D eigenvalue weighted by Gasteiger charge is 2.22. The van der Waals surface area contributed by atoms with Crippen molar-refractivity contribution in [3.05, 3.63) is 17.0 Å². The minimum atomic E-state index is -0.0785. The van der Waals surface area contributed by atoms with Gasteiger partial charge in [0.2, 0.25) is 0 Å². The van der Waals surface area contributed by atoms with Crippen LogP contribution in [0.25, 0.3) is 0 Å². The molecule has 20 heavy (non-hydrogen) atoms. The van der Waals surface area contributed by atoms with Gasteiger partial charge < -0.3 is 10.6 Å². The predicted octanol–water partition coefficient (Wildman–Crippen LogP) is 0.516. The number of aromatic nitrogens is 2. The summed E-state index contributed by atoms with van der Waals surface area (Å²) in [5.74, 6) is -0.0785. The van der Waals surface area contributed by atoms with Crippen LogP contribution in [0.5, 0.6) is 0 Å². The van der Waals surface area contributed by atoms with Crippen LogP contribution in [-0.4, -0.2) is 53.2 Å². The van der Waals surface area contributed by atoms with Crippen molar-refractivity contribution >= 4 is 5.91 Å². The lowest BCUT2D eigenvalue weighted by Crippen LogP contribution is -2.42. The van der Waals surface area contributed by atoms with E-state index in [1.165, 1.54) is 0 Å². The monoisotopic (exact) mass is 279 g/mol. The van der Waals surface area contributed by atoms with Crippen molar-refractivity contribution in [3.63, 3.8) is 0 Å². The van der Waals surface area contributed by atoms with Gasteiger partial charge in [0.1, 0.15) is 0 Å². The smallest absolute Gasteiger partial charge is 0.272 e. The average molecular weight is 279 g/mol. The molecule has 1 atom stereocenters. The number of nitrogens with one attached hydrogen (secondary N) is 3. The first-order valence-corrected chi connectivity index (χ1v) is 7.46. The van der Waals surface area contributed by atoms with E-state index in [-0.39, 0.29) is 5.91 Å². The van der Waals surface area contributed by atoms with Gasteiger partial charge in [0.15, 0.2) is 5.69 Å². The molecule has 2 rings (SSSR count). The van der Waals surface area contributed by atoms with E-state index in [9.17, 15) is 4.79 Å². The van der Waals surface area contributed by atoms with Crippen LogP contribution in [-0.2, 0) is 13.0 Å². The highest BCUT2D eigenvalue weighted by atomic mass is 16.1. The number of likely N-dealkylation sites (N-methyl/N-ethyl adjacent to an activating group) is 1. The van der Waals surface area contributed by atoms with E-state index >= 15 is 0 Å². The molecule has 3 N–H and O–H groups in total. The first-order chi connectivity index (χ1) is 9.67. The van der Waals surface area contributed by atoms with E-state index in [4.69, 9.17) is 0 Å². The second-order valence-corrected chi connectivity index (χ2v) is 5.24. The molecule has 1 unspecified atom stereocenters. The van der Waals surface area contributed by atoms with Crippen LogP contribution in [0.4, 0.5) is 0 Å². The Balaban J connectivity index is 1.94. The lowest BCUT2D eigenvalue weighted by atomic mass is 10.1. The molecule has 1 aliphatic rings. The summed E-state index contributed by atoms with van der Waals surface area (Å²) in [5.41, 5.74) is 2.65. The summed E-state index contributed by atoms with van der Waals surface area (Å²) in [5, 5.41) is 13.4. The first kappa shape index (κ1) is 15.0. The maximum atomic E-state index is 12.2. The fourth-order valence-electron chi connectivity index (χ4n) is 2.71. The van der Waals surface area contributed by atoms with Crippen molar-refractivity contribution in [2.75, 3.05) is 26.2 Å². The second kappa shape index (κ2) is 6.85. The summed E-state index contributed by atoms with van der Waals surface area (Å²) in [6.07, 6.45) is 0.908. The normalized spacial score (nSPS) is 16.0. The van der Waals surface area contributed by atoms with Gasteiger partial charge in [-0.2, -0.15) is 5.10 Å². The third kappa shape index (κ3) is 3.19. The van der Waals surface area contributed by atoms with Gasteiger partial charge in [-0.05, 0) is 20.0 Å². The van der Waals surface area contributed by atoms with Gasteiger partial charge in [-0.15, -0.1) is 0 Å². The molecule has 1 aliphatic heterocycles. The van der Waals surface area contributed by atoms with E-state index in [2.05, 4.69) is 46.5 Å². The number of hydrogen-bond donors (Lipinski definition) is 3. The third-order valence-corrected chi connectivity index (χ3v) is 4.02. The zero-order valence-corrected chi connectivity index (χ0v) is 12.6. The number of aromatic amines is 1. The third-order valence-electron chi connectivity index (χ3n) is 4.02. The molecule has 0 aliphatic carbocycles. The molecule has 6 heteroatoms. The maximum absolute atomic E-state index is 12.2. The second-order valence-electron chi connectivity index (χ2n) is 5.24. The molecule has 0 saturated carbocycles. The summed E-state index contributed by atoms with van der Waals surface area (Å²) in [7, 11) is 0. The Morgan fingerprint density at radius 3 is 2.90 bits per heavy atom. The van der Waals surface area contributed by atoms with Crippen LogP contribution in [0.15, 0.2) is 0 Å². The molecule has 0 aromatic carbocycles. The van der Waals surface area contributed by atoms with E-state index in [1.54, 1.807) is 0 Å². The summed E-state index contributed by atoms with van der Waals surface area (Å²) < 4.78 is 0. The Bertz CT molecular complexity index is 452. The minimum absolute atomic E-state index is 0.0785. The van der Waals surface area contributed by atoms with Crippen molar-refractivity contribution in [2.45, 2.75) is 39.8 Å². The molecule has 6 nitrogen and oxygen atoms in total. The van der Waals surface area contributed by atoms with E-state index in [0.29, 0.717) is 18.3 Å². The average Bonchev–Trinajstić information content (AvgIpc) is 2.90. The van der Waals surface area contributed by atoms with Crippen LogP contribution >= 0.6 is 0 Å². The fourth-order valence-corrected chi connectivity index (χ4v) is 2.71. The molecule has 1 amide bonds. The summed E-state index contributed by atoms with van der Waals surface area (Å²) in [4.78, 5) is 14.6. The Labute approximate surface area is 120 Å². The molecular formula is C14H25N5O. The molecule has 0 fully saturated rings. The van der Waals surface area contributed by atoms with Crippen molar-refractivity contribution in [1.29, 1.82) is 0 Å². The predicted molar refractivity (Wildman–Crippen MR) is 78.7 cm³/mol. The van der Waals surface area contributed by atoms with E-state index in [1.807, 2.05) is 0 Å². The fraction of sp³-hybridized carbons (Fsp3) is 0.714. The highest BCUT2D eigenvalue weighted by Crippen LogP contribution is 2.15. The van der Waals surface area contributed by atoms with Crippen molar-refractivity contribution in [3.8, 4) is 0 Å². The Kier molecular flexibility index (Phi) is 5.14. The highest BCUT2D eigenvalue weighted by molar-refractivity contribution is 5.94. The number of nitrogens with zero attached hydrogens (tertiary/aromatic N) is 2. The molecule has 0 saturated heterocycles. The van der Waals surface area contributed by atoms with Crippen LogP contribution < -0.4 is 10.6 Å². The molecule has 2 heterocycles. The molecule has 0 bridgehead atoms. The summed E-state index contributed by atoms with van der Waals surface area (Å²) in [6, 6.07) is 0.335. The van der Waals surface area contributed by atoms with Gasteiger partial charge in [0, 0.05) is 43.4 Å². The largest absolute Gasteiger partial charge is 0.349 e. The van der Waals surface area contributed by atoms with Gasteiger partial charge in [-0.25, -0.2) is 0 Å². The number of fused-ring (bicyclic) bond motifs is 1. The minimum Gasteiger partial charge on any atom is -0.349 e. The van der Waals surface area contributed by atoms with Crippen LogP contribution in [0.1, 0.15) is 42.5 Å². The molecule has 0 spiro atoms.